The molecule has 8 heteroatoms. The van der Waals surface area contributed by atoms with Gasteiger partial charge in [-0.05, 0) is 31.5 Å². The molecule has 0 aliphatic rings. The normalized spacial score (nSPS) is 11.7. The van der Waals surface area contributed by atoms with Gasteiger partial charge in [0, 0.05) is 6.04 Å². The first-order valence-electron chi connectivity index (χ1n) is 6.96. The Kier molecular flexibility index (Phi) is 7.24. The fourth-order valence-electron chi connectivity index (χ4n) is 1.62. The van der Waals surface area contributed by atoms with Gasteiger partial charge in [-0.15, -0.1) is 0 Å². The minimum atomic E-state index is -3.01. The maximum Gasteiger partial charge on any atom is 0.387 e. The van der Waals surface area contributed by atoms with E-state index in [1.54, 1.807) is 0 Å². The lowest BCUT2D eigenvalue weighted by atomic mass is 10.2. The van der Waals surface area contributed by atoms with Crippen LogP contribution in [0.2, 0.25) is 0 Å². The molecule has 0 aromatic heterocycles. The molecule has 1 aromatic rings. The highest BCUT2D eigenvalue weighted by Gasteiger charge is 2.16. The summed E-state index contributed by atoms with van der Waals surface area (Å²) < 4.78 is 38.4. The molecule has 0 radical (unpaired) electrons. The lowest BCUT2D eigenvalue weighted by Crippen LogP contribution is -2.35. The molecular weight excluding hydrogens is 312 g/mol. The zero-order chi connectivity index (χ0) is 17.4. The average molecular weight is 331 g/mol. The van der Waals surface area contributed by atoms with Crippen LogP contribution in [-0.4, -0.2) is 38.2 Å². The van der Waals surface area contributed by atoms with Crippen LogP contribution in [0.15, 0.2) is 18.2 Å². The first kappa shape index (κ1) is 18.7. The number of hydrogen-bond acceptors (Lipinski definition) is 5. The second-order valence-corrected chi connectivity index (χ2v) is 4.70. The zero-order valence-corrected chi connectivity index (χ0v) is 13.1. The summed E-state index contributed by atoms with van der Waals surface area (Å²) in [6.07, 6.45) is 0.752. The number of carbonyl (C=O) groups excluding carboxylic acids is 2. The van der Waals surface area contributed by atoms with Gasteiger partial charge >= 0.3 is 12.6 Å². The predicted molar refractivity (Wildman–Crippen MR) is 77.8 cm³/mol. The van der Waals surface area contributed by atoms with Gasteiger partial charge in [0.1, 0.15) is 0 Å². The summed E-state index contributed by atoms with van der Waals surface area (Å²) in [6, 6.07) is 3.59. The van der Waals surface area contributed by atoms with Gasteiger partial charge in [-0.3, -0.25) is 4.79 Å². The van der Waals surface area contributed by atoms with Gasteiger partial charge < -0.3 is 19.5 Å². The zero-order valence-electron chi connectivity index (χ0n) is 13.1. The van der Waals surface area contributed by atoms with Gasteiger partial charge in [0.15, 0.2) is 18.1 Å². The number of alkyl halides is 2. The lowest BCUT2D eigenvalue weighted by Gasteiger charge is -2.12. The fourth-order valence-corrected chi connectivity index (χ4v) is 1.62. The Morgan fingerprint density at radius 1 is 1.26 bits per heavy atom. The highest BCUT2D eigenvalue weighted by Crippen LogP contribution is 2.29. The molecular formula is C15H19F2NO5. The summed E-state index contributed by atoms with van der Waals surface area (Å²) in [6.45, 7) is 0.297. The van der Waals surface area contributed by atoms with Crippen LogP contribution < -0.4 is 14.8 Å². The van der Waals surface area contributed by atoms with Gasteiger partial charge in [-0.25, -0.2) is 4.79 Å². The smallest absolute Gasteiger partial charge is 0.387 e. The largest absolute Gasteiger partial charge is 0.493 e. The number of carbonyl (C=O) groups is 2. The van der Waals surface area contributed by atoms with Gasteiger partial charge in [-0.2, -0.15) is 8.78 Å². The van der Waals surface area contributed by atoms with Crippen molar-refractivity contribution in [1.82, 2.24) is 5.32 Å². The molecule has 1 amide bonds. The summed E-state index contributed by atoms with van der Waals surface area (Å²) in [5, 5.41) is 2.65. The summed E-state index contributed by atoms with van der Waals surface area (Å²) in [4.78, 5) is 23.4. The van der Waals surface area contributed by atoms with Crippen molar-refractivity contribution < 1.29 is 32.6 Å². The molecule has 0 saturated carbocycles. The molecule has 0 spiro atoms. The Morgan fingerprint density at radius 3 is 2.52 bits per heavy atom. The standard InChI is InChI=1S/C15H19F2NO5/c1-4-9(2)18-13(19)8-22-14(20)10-5-6-11(23-15(16)17)12(7-10)21-3/h5-7,9,15H,4,8H2,1-3H3,(H,18,19). The van der Waals surface area contributed by atoms with Crippen molar-refractivity contribution in [3.8, 4) is 11.5 Å². The quantitative estimate of drug-likeness (QED) is 0.740. The number of esters is 1. The maximum absolute atomic E-state index is 12.2. The van der Waals surface area contributed by atoms with E-state index in [0.29, 0.717) is 0 Å². The van der Waals surface area contributed by atoms with E-state index in [1.807, 2.05) is 13.8 Å². The topological polar surface area (TPSA) is 73.9 Å². The van der Waals surface area contributed by atoms with E-state index in [9.17, 15) is 18.4 Å². The number of halogens is 2. The van der Waals surface area contributed by atoms with Crippen LogP contribution in [0.25, 0.3) is 0 Å². The van der Waals surface area contributed by atoms with Crippen LogP contribution in [0.1, 0.15) is 30.6 Å². The first-order valence-corrected chi connectivity index (χ1v) is 6.96. The van der Waals surface area contributed by atoms with Crippen LogP contribution in [0, 0.1) is 0 Å². The van der Waals surface area contributed by atoms with Crippen LogP contribution in [0.3, 0.4) is 0 Å². The minimum Gasteiger partial charge on any atom is -0.493 e. The first-order chi connectivity index (χ1) is 10.9. The number of rotatable bonds is 8. The SMILES string of the molecule is CCC(C)NC(=O)COC(=O)c1ccc(OC(F)F)c(OC)c1. The van der Waals surface area contributed by atoms with Gasteiger partial charge in [0.2, 0.25) is 0 Å². The highest BCUT2D eigenvalue weighted by molar-refractivity contribution is 5.92. The molecule has 1 aromatic carbocycles. The molecule has 1 N–H and O–H groups in total. The molecule has 0 fully saturated rings. The molecule has 6 nitrogen and oxygen atoms in total. The number of methoxy groups -OCH3 is 1. The van der Waals surface area contributed by atoms with Gasteiger partial charge in [0.25, 0.3) is 5.91 Å². The lowest BCUT2D eigenvalue weighted by molar-refractivity contribution is -0.124. The Labute approximate surface area is 132 Å². The Bertz CT molecular complexity index is 551. The van der Waals surface area contributed by atoms with Crippen molar-refractivity contribution >= 4 is 11.9 Å². The summed E-state index contributed by atoms with van der Waals surface area (Å²) >= 11 is 0. The van der Waals surface area contributed by atoms with Crippen LogP contribution in [-0.2, 0) is 9.53 Å². The van der Waals surface area contributed by atoms with E-state index in [2.05, 4.69) is 10.1 Å². The number of amides is 1. The minimum absolute atomic E-state index is 0.0212. The van der Waals surface area contributed by atoms with E-state index in [4.69, 9.17) is 9.47 Å². The summed E-state index contributed by atoms with van der Waals surface area (Å²) in [5.74, 6) is -1.43. The molecule has 23 heavy (non-hydrogen) atoms. The third-order valence-corrected chi connectivity index (χ3v) is 2.97. The number of nitrogens with one attached hydrogen (secondary N) is 1. The van der Waals surface area contributed by atoms with Gasteiger partial charge in [0.05, 0.1) is 12.7 Å². The van der Waals surface area contributed by atoms with Gasteiger partial charge in [-0.1, -0.05) is 6.92 Å². The van der Waals surface area contributed by atoms with E-state index in [1.165, 1.54) is 25.3 Å². The van der Waals surface area contributed by atoms with E-state index in [0.717, 1.165) is 6.42 Å². The highest BCUT2D eigenvalue weighted by atomic mass is 19.3. The molecule has 0 aliphatic heterocycles. The Balaban J connectivity index is 2.67. The van der Waals surface area contributed by atoms with E-state index in [-0.39, 0.29) is 23.1 Å². The van der Waals surface area contributed by atoms with Crippen molar-refractivity contribution in [1.29, 1.82) is 0 Å². The van der Waals surface area contributed by atoms with Crippen LogP contribution in [0.5, 0.6) is 11.5 Å². The monoisotopic (exact) mass is 331 g/mol. The van der Waals surface area contributed by atoms with Crippen LogP contribution in [0.4, 0.5) is 8.78 Å². The third kappa shape index (κ3) is 6.09. The predicted octanol–water partition coefficient (Wildman–Crippen LogP) is 2.37. The molecule has 0 bridgehead atoms. The van der Waals surface area contributed by atoms with Crippen molar-refractivity contribution in [2.24, 2.45) is 0 Å². The van der Waals surface area contributed by atoms with Crippen molar-refractivity contribution in [2.75, 3.05) is 13.7 Å². The maximum atomic E-state index is 12.2. The number of ether oxygens (including phenoxy) is 3. The molecule has 0 heterocycles. The molecule has 0 saturated heterocycles. The van der Waals surface area contributed by atoms with E-state index >= 15 is 0 Å². The molecule has 1 atom stereocenters. The molecule has 1 rings (SSSR count). The average Bonchev–Trinajstić information content (AvgIpc) is 2.52. The second-order valence-electron chi connectivity index (χ2n) is 4.70. The molecule has 128 valence electrons. The number of hydrogen-bond donors (Lipinski definition) is 1. The molecule has 0 aliphatic carbocycles. The fraction of sp³-hybridized carbons (Fsp3) is 0.467. The van der Waals surface area contributed by atoms with Crippen molar-refractivity contribution in [3.05, 3.63) is 23.8 Å². The Morgan fingerprint density at radius 2 is 1.96 bits per heavy atom. The van der Waals surface area contributed by atoms with Crippen molar-refractivity contribution in [2.45, 2.75) is 32.9 Å². The summed E-state index contributed by atoms with van der Waals surface area (Å²) in [5.41, 5.74) is 0.0554. The van der Waals surface area contributed by atoms with Crippen molar-refractivity contribution in [3.63, 3.8) is 0 Å². The second kappa shape index (κ2) is 8.92. The molecule has 1 unspecified atom stereocenters. The van der Waals surface area contributed by atoms with E-state index < -0.39 is 25.1 Å². The Hall–Kier alpha value is -2.38. The van der Waals surface area contributed by atoms with Crippen LogP contribution >= 0.6 is 0 Å². The third-order valence-electron chi connectivity index (χ3n) is 2.97. The number of benzene rings is 1. The summed E-state index contributed by atoms with van der Waals surface area (Å²) in [7, 11) is 1.25.